The lowest BCUT2D eigenvalue weighted by Gasteiger charge is -2.16. The Morgan fingerprint density at radius 2 is 1.77 bits per heavy atom. The van der Waals surface area contributed by atoms with E-state index in [1.54, 1.807) is 53.4 Å². The van der Waals surface area contributed by atoms with Crippen LogP contribution in [0.3, 0.4) is 0 Å². The zero-order valence-electron chi connectivity index (χ0n) is 14.2. The van der Waals surface area contributed by atoms with Crippen LogP contribution in [0, 0.1) is 0 Å². The summed E-state index contributed by atoms with van der Waals surface area (Å²) in [6.45, 7) is 0.701. The third-order valence-corrected chi connectivity index (χ3v) is 4.48. The largest absolute Gasteiger partial charge is 0.481 e. The molecule has 1 fully saturated rings. The molecule has 1 unspecified atom stereocenters. The third-order valence-electron chi connectivity index (χ3n) is 4.48. The molecule has 1 aliphatic rings. The number of nitrogens with one attached hydrogen (secondary N) is 1. The topological polar surface area (TPSA) is 86.7 Å². The van der Waals surface area contributed by atoms with Gasteiger partial charge in [0.25, 0.3) is 5.91 Å². The molecular weight excluding hydrogens is 332 g/mol. The van der Waals surface area contributed by atoms with Gasteiger partial charge in [-0.1, -0.05) is 30.3 Å². The van der Waals surface area contributed by atoms with E-state index in [0.29, 0.717) is 24.1 Å². The molecule has 0 radical (unpaired) electrons. The molecule has 6 nitrogen and oxygen atoms in total. The summed E-state index contributed by atoms with van der Waals surface area (Å²) in [6.07, 6.45) is 1.40. The van der Waals surface area contributed by atoms with Gasteiger partial charge in [0.1, 0.15) is 0 Å². The average molecular weight is 352 g/mol. The van der Waals surface area contributed by atoms with Crippen LogP contribution >= 0.6 is 0 Å². The Morgan fingerprint density at radius 1 is 1.08 bits per heavy atom. The Labute approximate surface area is 151 Å². The van der Waals surface area contributed by atoms with Crippen LogP contribution in [0.1, 0.15) is 34.7 Å². The van der Waals surface area contributed by atoms with Crippen molar-refractivity contribution in [3.63, 3.8) is 0 Å². The number of hydrogen-bond acceptors (Lipinski definition) is 3. The second-order valence-corrected chi connectivity index (χ2v) is 6.21. The standard InChI is InChI=1S/C20H20N2O4/c23-18-7-4-12-22(18)16-10-8-15(9-11-16)19(24)21-13-17(20(25)26)14-5-2-1-3-6-14/h1-3,5-6,8-11,17H,4,7,12-13H2,(H,21,24)(H,25,26). The second kappa shape index (κ2) is 7.82. The zero-order chi connectivity index (χ0) is 18.5. The minimum atomic E-state index is -0.987. The van der Waals surface area contributed by atoms with E-state index in [4.69, 9.17) is 0 Å². The molecule has 6 heteroatoms. The normalized spacial score (nSPS) is 14.9. The van der Waals surface area contributed by atoms with Crippen LogP contribution in [0.25, 0.3) is 0 Å². The molecule has 1 saturated heterocycles. The molecule has 1 atom stereocenters. The Balaban J connectivity index is 1.64. The van der Waals surface area contributed by atoms with Gasteiger partial charge < -0.3 is 15.3 Å². The molecule has 0 saturated carbocycles. The molecule has 26 heavy (non-hydrogen) atoms. The van der Waals surface area contributed by atoms with Crippen molar-refractivity contribution in [3.05, 3.63) is 65.7 Å². The molecule has 0 aromatic heterocycles. The fourth-order valence-corrected chi connectivity index (χ4v) is 3.04. The lowest BCUT2D eigenvalue weighted by molar-refractivity contribution is -0.138. The van der Waals surface area contributed by atoms with E-state index >= 15 is 0 Å². The van der Waals surface area contributed by atoms with E-state index in [-0.39, 0.29) is 18.4 Å². The van der Waals surface area contributed by atoms with Crippen LogP contribution in [0.15, 0.2) is 54.6 Å². The van der Waals surface area contributed by atoms with Crippen molar-refractivity contribution in [2.75, 3.05) is 18.0 Å². The van der Waals surface area contributed by atoms with E-state index in [0.717, 1.165) is 12.1 Å². The van der Waals surface area contributed by atoms with Gasteiger partial charge in [0.2, 0.25) is 5.91 Å². The van der Waals surface area contributed by atoms with Crippen molar-refractivity contribution in [1.29, 1.82) is 0 Å². The summed E-state index contributed by atoms with van der Waals surface area (Å²) in [5.74, 6) is -2.04. The Bertz CT molecular complexity index is 802. The molecule has 0 bridgehead atoms. The SMILES string of the molecule is O=C(NCC(C(=O)O)c1ccccc1)c1ccc(N2CCCC2=O)cc1. The first-order valence-electron chi connectivity index (χ1n) is 8.52. The van der Waals surface area contributed by atoms with Crippen molar-refractivity contribution in [1.82, 2.24) is 5.32 Å². The molecule has 1 aliphatic heterocycles. The monoisotopic (exact) mass is 352 g/mol. The number of benzene rings is 2. The smallest absolute Gasteiger partial charge is 0.312 e. The van der Waals surface area contributed by atoms with E-state index in [9.17, 15) is 19.5 Å². The molecule has 2 aromatic carbocycles. The highest BCUT2D eigenvalue weighted by Crippen LogP contribution is 2.21. The maximum absolute atomic E-state index is 12.3. The summed E-state index contributed by atoms with van der Waals surface area (Å²) >= 11 is 0. The third kappa shape index (κ3) is 3.91. The lowest BCUT2D eigenvalue weighted by Crippen LogP contribution is -2.31. The van der Waals surface area contributed by atoms with Gasteiger partial charge in [-0.05, 0) is 36.2 Å². The van der Waals surface area contributed by atoms with Crippen molar-refractivity contribution >= 4 is 23.5 Å². The van der Waals surface area contributed by atoms with Crippen LogP contribution in [-0.4, -0.2) is 36.0 Å². The molecule has 0 spiro atoms. The van der Waals surface area contributed by atoms with Crippen molar-refractivity contribution in [2.24, 2.45) is 0 Å². The Morgan fingerprint density at radius 3 is 2.35 bits per heavy atom. The van der Waals surface area contributed by atoms with Gasteiger partial charge in [-0.25, -0.2) is 0 Å². The number of carbonyl (C=O) groups excluding carboxylic acids is 2. The highest BCUT2D eigenvalue weighted by molar-refractivity contribution is 5.97. The highest BCUT2D eigenvalue weighted by atomic mass is 16.4. The minimum Gasteiger partial charge on any atom is -0.481 e. The van der Waals surface area contributed by atoms with Crippen LogP contribution in [-0.2, 0) is 9.59 Å². The first-order chi connectivity index (χ1) is 12.6. The number of hydrogen-bond donors (Lipinski definition) is 2. The number of rotatable bonds is 6. The first-order valence-corrected chi connectivity index (χ1v) is 8.52. The number of nitrogens with zero attached hydrogens (tertiary/aromatic N) is 1. The Kier molecular flexibility index (Phi) is 5.31. The predicted octanol–water partition coefficient (Wildman–Crippen LogP) is 2.41. The van der Waals surface area contributed by atoms with E-state index < -0.39 is 11.9 Å². The summed E-state index contributed by atoms with van der Waals surface area (Å²) in [7, 11) is 0. The number of carboxylic acid groups (broad SMARTS) is 1. The number of carboxylic acids is 1. The predicted molar refractivity (Wildman–Crippen MR) is 97.2 cm³/mol. The highest BCUT2D eigenvalue weighted by Gasteiger charge is 2.23. The maximum Gasteiger partial charge on any atom is 0.312 e. The number of amides is 2. The summed E-state index contributed by atoms with van der Waals surface area (Å²) in [6, 6.07) is 15.6. The maximum atomic E-state index is 12.3. The molecule has 2 N–H and O–H groups in total. The van der Waals surface area contributed by atoms with Gasteiger partial charge >= 0.3 is 5.97 Å². The molecular formula is C20H20N2O4. The molecule has 3 rings (SSSR count). The molecule has 134 valence electrons. The Hall–Kier alpha value is -3.15. The lowest BCUT2D eigenvalue weighted by atomic mass is 9.99. The molecule has 2 amide bonds. The van der Waals surface area contributed by atoms with Crippen LogP contribution in [0.2, 0.25) is 0 Å². The fourth-order valence-electron chi connectivity index (χ4n) is 3.04. The van der Waals surface area contributed by atoms with Gasteiger partial charge in [-0.15, -0.1) is 0 Å². The van der Waals surface area contributed by atoms with Gasteiger partial charge in [0.15, 0.2) is 0 Å². The zero-order valence-corrected chi connectivity index (χ0v) is 14.2. The van der Waals surface area contributed by atoms with Gasteiger partial charge in [-0.3, -0.25) is 14.4 Å². The summed E-state index contributed by atoms with van der Waals surface area (Å²) in [5.41, 5.74) is 1.84. The van der Waals surface area contributed by atoms with Gasteiger partial charge in [-0.2, -0.15) is 0 Å². The molecule has 1 heterocycles. The summed E-state index contributed by atoms with van der Waals surface area (Å²) < 4.78 is 0. The quantitative estimate of drug-likeness (QED) is 0.836. The van der Waals surface area contributed by atoms with E-state index in [1.807, 2.05) is 6.07 Å². The average Bonchev–Trinajstić information content (AvgIpc) is 3.08. The van der Waals surface area contributed by atoms with Crippen molar-refractivity contribution in [3.8, 4) is 0 Å². The van der Waals surface area contributed by atoms with Crippen LogP contribution in [0.4, 0.5) is 5.69 Å². The van der Waals surface area contributed by atoms with Crippen LogP contribution in [0.5, 0.6) is 0 Å². The van der Waals surface area contributed by atoms with E-state index in [2.05, 4.69) is 5.32 Å². The van der Waals surface area contributed by atoms with Gasteiger partial charge in [0.05, 0.1) is 5.92 Å². The fraction of sp³-hybridized carbons (Fsp3) is 0.250. The van der Waals surface area contributed by atoms with Crippen LogP contribution < -0.4 is 10.2 Å². The first kappa shape index (κ1) is 17.7. The van der Waals surface area contributed by atoms with Crippen molar-refractivity contribution < 1.29 is 19.5 Å². The molecule has 2 aromatic rings. The number of aliphatic carboxylic acids is 1. The molecule has 0 aliphatic carbocycles. The second-order valence-electron chi connectivity index (χ2n) is 6.21. The number of carbonyl (C=O) groups is 3. The van der Waals surface area contributed by atoms with Gasteiger partial charge in [0, 0.05) is 30.8 Å². The summed E-state index contributed by atoms with van der Waals surface area (Å²) in [5, 5.41) is 12.1. The van der Waals surface area contributed by atoms with Crippen molar-refractivity contribution in [2.45, 2.75) is 18.8 Å². The number of anilines is 1. The minimum absolute atomic E-state index is 0.00451. The summed E-state index contributed by atoms with van der Waals surface area (Å²) in [4.78, 5) is 37.3. The van der Waals surface area contributed by atoms with E-state index in [1.165, 1.54) is 0 Å².